The first-order valence-electron chi connectivity index (χ1n) is 23.7. The number of carbonyl (C=O) groups excluding carboxylic acids is 1. The number of nitrogens with zero attached hydrogens (tertiary/aromatic N) is 1. The summed E-state index contributed by atoms with van der Waals surface area (Å²) >= 11 is 0. The van der Waals surface area contributed by atoms with Gasteiger partial charge in [0.15, 0.2) is 0 Å². The molecule has 0 saturated carbocycles. The van der Waals surface area contributed by atoms with E-state index < -0.39 is 26.6 Å². The molecule has 3 unspecified atom stereocenters. The molecular formula is C49H91N2O6P. The molecule has 0 aliphatic carbocycles. The lowest BCUT2D eigenvalue weighted by Crippen LogP contribution is -2.45. The van der Waals surface area contributed by atoms with Crippen LogP contribution in [0.25, 0.3) is 0 Å². The Morgan fingerprint density at radius 2 is 1.02 bits per heavy atom. The Balaban J connectivity index is 4.27. The minimum atomic E-state index is -4.60. The van der Waals surface area contributed by atoms with Crippen LogP contribution in [0.2, 0.25) is 0 Å². The zero-order valence-corrected chi connectivity index (χ0v) is 39.1. The van der Waals surface area contributed by atoms with Crippen LogP contribution in [-0.2, 0) is 18.4 Å². The molecule has 3 atom stereocenters. The second kappa shape index (κ2) is 40.6. The number of unbranched alkanes of at least 4 members (excludes halogenated alkanes) is 21. The molecule has 9 heteroatoms. The molecule has 1 amide bonds. The van der Waals surface area contributed by atoms with Crippen molar-refractivity contribution in [3.8, 4) is 0 Å². The molecule has 0 aliphatic rings. The van der Waals surface area contributed by atoms with E-state index in [1.807, 2.05) is 27.2 Å². The van der Waals surface area contributed by atoms with Crippen LogP contribution in [-0.4, -0.2) is 68.5 Å². The van der Waals surface area contributed by atoms with Crippen LogP contribution in [0, 0.1) is 0 Å². The zero-order valence-electron chi connectivity index (χ0n) is 38.2. The lowest BCUT2D eigenvalue weighted by atomic mass is 10.0. The van der Waals surface area contributed by atoms with Gasteiger partial charge in [-0.2, -0.15) is 0 Å². The summed E-state index contributed by atoms with van der Waals surface area (Å²) < 4.78 is 23.2. The molecule has 0 aromatic carbocycles. The van der Waals surface area contributed by atoms with Crippen molar-refractivity contribution >= 4 is 13.7 Å². The fraction of sp³-hybridized carbons (Fsp3) is 0.776. The van der Waals surface area contributed by atoms with Crippen molar-refractivity contribution in [3.63, 3.8) is 0 Å². The minimum absolute atomic E-state index is 0.00952. The Hall–Kier alpha value is -1.80. The molecule has 0 fully saturated rings. The summed E-state index contributed by atoms with van der Waals surface area (Å²) in [5.41, 5.74) is 0. The number of amides is 1. The Morgan fingerprint density at radius 1 is 0.603 bits per heavy atom. The Labute approximate surface area is 358 Å². The first-order valence-corrected chi connectivity index (χ1v) is 25.1. The number of phosphoric ester groups is 1. The number of hydrogen-bond acceptors (Lipinski definition) is 6. The molecule has 0 aliphatic heterocycles. The number of allylic oxidation sites excluding steroid dienone is 9. The normalized spacial score (nSPS) is 14.8. The van der Waals surface area contributed by atoms with Crippen molar-refractivity contribution in [1.29, 1.82) is 0 Å². The maximum Gasteiger partial charge on any atom is 0.268 e. The average molecular weight is 835 g/mol. The van der Waals surface area contributed by atoms with Crippen molar-refractivity contribution in [2.45, 2.75) is 206 Å². The molecule has 58 heavy (non-hydrogen) atoms. The van der Waals surface area contributed by atoms with Gasteiger partial charge in [-0.3, -0.25) is 9.36 Å². The van der Waals surface area contributed by atoms with Crippen LogP contribution in [0.5, 0.6) is 0 Å². The fourth-order valence-electron chi connectivity index (χ4n) is 6.41. The van der Waals surface area contributed by atoms with Crippen LogP contribution in [0.15, 0.2) is 60.8 Å². The van der Waals surface area contributed by atoms with E-state index in [4.69, 9.17) is 9.05 Å². The molecule has 0 bridgehead atoms. The maximum absolute atomic E-state index is 12.9. The van der Waals surface area contributed by atoms with Gasteiger partial charge in [0.05, 0.1) is 39.9 Å². The SMILES string of the molecule is CCCCCCC/C=C\C/C=C\C/C=C\CCCCCCCCCCCCC(=O)NC(COP(=O)([O-])OCC[N+](C)(C)C)C(O)/C=C/CC/C=C/CCCCCCC. The molecule has 8 nitrogen and oxygen atoms in total. The predicted octanol–water partition coefficient (Wildman–Crippen LogP) is 12.8. The van der Waals surface area contributed by atoms with Crippen molar-refractivity contribution < 1.29 is 32.9 Å². The van der Waals surface area contributed by atoms with Crippen molar-refractivity contribution in [2.24, 2.45) is 0 Å². The quantitative estimate of drug-likeness (QED) is 0.0274. The summed E-state index contributed by atoms with van der Waals surface area (Å²) in [6, 6.07) is -0.906. The molecule has 0 spiro atoms. The van der Waals surface area contributed by atoms with Crippen molar-refractivity contribution in [2.75, 3.05) is 40.9 Å². The van der Waals surface area contributed by atoms with Crippen LogP contribution in [0.3, 0.4) is 0 Å². The van der Waals surface area contributed by atoms with Gasteiger partial charge < -0.3 is 28.8 Å². The van der Waals surface area contributed by atoms with E-state index in [0.717, 1.165) is 51.4 Å². The van der Waals surface area contributed by atoms with E-state index in [0.29, 0.717) is 17.4 Å². The van der Waals surface area contributed by atoms with Crippen LogP contribution >= 0.6 is 7.82 Å². The summed E-state index contributed by atoms with van der Waals surface area (Å²) in [7, 11) is 1.23. The largest absolute Gasteiger partial charge is 0.756 e. The summed E-state index contributed by atoms with van der Waals surface area (Å²) in [4.78, 5) is 25.3. The average Bonchev–Trinajstić information content (AvgIpc) is 3.17. The third kappa shape index (κ3) is 42.3. The number of aliphatic hydroxyl groups excluding tert-OH is 1. The summed E-state index contributed by atoms with van der Waals surface area (Å²) in [6.45, 7) is 4.57. The zero-order chi connectivity index (χ0) is 42.8. The van der Waals surface area contributed by atoms with E-state index in [1.54, 1.807) is 6.08 Å². The Morgan fingerprint density at radius 3 is 1.52 bits per heavy atom. The molecule has 0 radical (unpaired) electrons. The molecule has 338 valence electrons. The standard InChI is InChI=1S/C49H91N2O6P/c1-6-8-10-12-14-16-18-19-20-21-22-23-24-25-26-27-28-29-30-31-33-35-37-39-41-43-49(53)50-47(46-57-58(54,55)56-45-44-51(3,4)5)48(52)42-40-38-36-34-32-17-15-13-11-9-7-2/h18-19,21-22,24-25,32,34,40,42,47-48,52H,6-17,20,23,26-31,33,35-39,41,43-46H2,1-5H3,(H-,50,53,54,55)/b19-18-,22-21-,25-24-,34-32+,42-40+. The van der Waals surface area contributed by atoms with Crippen LogP contribution < -0.4 is 10.2 Å². The summed E-state index contributed by atoms with van der Waals surface area (Å²) in [5, 5.41) is 13.7. The second-order valence-corrected chi connectivity index (χ2v) is 18.5. The number of hydrogen-bond donors (Lipinski definition) is 2. The molecular weight excluding hydrogens is 744 g/mol. The van der Waals surface area contributed by atoms with Gasteiger partial charge in [-0.05, 0) is 70.6 Å². The van der Waals surface area contributed by atoms with E-state index in [-0.39, 0.29) is 12.5 Å². The van der Waals surface area contributed by atoms with Gasteiger partial charge in [0.2, 0.25) is 5.91 Å². The second-order valence-electron chi connectivity index (χ2n) is 17.1. The van der Waals surface area contributed by atoms with Gasteiger partial charge in [-0.25, -0.2) is 0 Å². The van der Waals surface area contributed by atoms with Crippen LogP contribution in [0.4, 0.5) is 0 Å². The van der Waals surface area contributed by atoms with Gasteiger partial charge in [-0.15, -0.1) is 0 Å². The number of nitrogens with one attached hydrogen (secondary N) is 1. The topological polar surface area (TPSA) is 108 Å². The Bertz CT molecular complexity index is 1130. The van der Waals surface area contributed by atoms with E-state index in [2.05, 4.69) is 67.8 Å². The van der Waals surface area contributed by atoms with E-state index in [9.17, 15) is 19.4 Å². The fourth-order valence-corrected chi connectivity index (χ4v) is 7.13. The predicted molar refractivity (Wildman–Crippen MR) is 247 cm³/mol. The number of phosphoric acid groups is 1. The number of likely N-dealkylation sites (N-methyl/N-ethyl adjacent to an activating group) is 1. The maximum atomic E-state index is 12.9. The van der Waals surface area contributed by atoms with Gasteiger partial charge in [-0.1, -0.05) is 177 Å². The first-order chi connectivity index (χ1) is 28.0. The molecule has 0 aromatic rings. The van der Waals surface area contributed by atoms with Gasteiger partial charge in [0.25, 0.3) is 7.82 Å². The highest BCUT2D eigenvalue weighted by Gasteiger charge is 2.23. The smallest absolute Gasteiger partial charge is 0.268 e. The van der Waals surface area contributed by atoms with Crippen molar-refractivity contribution in [3.05, 3.63) is 60.8 Å². The number of carbonyl (C=O) groups is 1. The third-order valence-corrected chi connectivity index (χ3v) is 11.2. The molecule has 0 heterocycles. The van der Waals surface area contributed by atoms with E-state index in [1.165, 1.54) is 122 Å². The number of aliphatic hydroxyl groups is 1. The van der Waals surface area contributed by atoms with Crippen LogP contribution in [0.1, 0.15) is 194 Å². The minimum Gasteiger partial charge on any atom is -0.756 e. The summed E-state index contributed by atoms with van der Waals surface area (Å²) in [5.74, 6) is -0.215. The molecule has 0 aromatic heterocycles. The first kappa shape index (κ1) is 56.2. The monoisotopic (exact) mass is 835 g/mol. The van der Waals surface area contributed by atoms with Gasteiger partial charge >= 0.3 is 0 Å². The molecule has 0 rings (SSSR count). The third-order valence-electron chi connectivity index (χ3n) is 10.2. The molecule has 0 saturated heterocycles. The summed E-state index contributed by atoms with van der Waals surface area (Å²) in [6.07, 6.45) is 52.8. The number of rotatable bonds is 42. The highest BCUT2D eigenvalue weighted by molar-refractivity contribution is 7.45. The lowest BCUT2D eigenvalue weighted by Gasteiger charge is -2.29. The highest BCUT2D eigenvalue weighted by Crippen LogP contribution is 2.38. The van der Waals surface area contributed by atoms with Gasteiger partial charge in [0.1, 0.15) is 13.2 Å². The van der Waals surface area contributed by atoms with Gasteiger partial charge in [0, 0.05) is 6.42 Å². The molecule has 2 N–H and O–H groups in total. The van der Waals surface area contributed by atoms with E-state index >= 15 is 0 Å². The highest BCUT2D eigenvalue weighted by atomic mass is 31.2. The number of quaternary nitrogens is 1. The Kier molecular flexibility index (Phi) is 39.3. The van der Waals surface area contributed by atoms with Crippen molar-refractivity contribution in [1.82, 2.24) is 5.32 Å². The lowest BCUT2D eigenvalue weighted by molar-refractivity contribution is -0.870.